The van der Waals surface area contributed by atoms with Gasteiger partial charge in [0.25, 0.3) is 11.8 Å². The summed E-state index contributed by atoms with van der Waals surface area (Å²) in [5.41, 5.74) is 0.391. The lowest BCUT2D eigenvalue weighted by atomic mass is 10.0. The van der Waals surface area contributed by atoms with Gasteiger partial charge >= 0.3 is 0 Å². The smallest absolute Gasteiger partial charge is 0.264 e. The number of imide groups is 2. The van der Waals surface area contributed by atoms with Gasteiger partial charge in [-0.15, -0.1) is 0 Å². The van der Waals surface area contributed by atoms with Gasteiger partial charge in [-0.2, -0.15) is 0 Å². The van der Waals surface area contributed by atoms with Crippen LogP contribution < -0.4 is 10.6 Å². The van der Waals surface area contributed by atoms with Gasteiger partial charge in [-0.25, -0.2) is 0 Å². The van der Waals surface area contributed by atoms with E-state index in [1.807, 2.05) is 0 Å². The lowest BCUT2D eigenvalue weighted by Gasteiger charge is -2.27. The molecule has 0 radical (unpaired) electrons. The molecule has 1 atom stereocenters. The third kappa shape index (κ3) is 16.6. The van der Waals surface area contributed by atoms with Crippen molar-refractivity contribution >= 4 is 57.8 Å². The summed E-state index contributed by atoms with van der Waals surface area (Å²) >= 11 is 2.27. The van der Waals surface area contributed by atoms with Crippen LogP contribution in [0.15, 0.2) is 18.2 Å². The Bertz CT molecular complexity index is 1250. The van der Waals surface area contributed by atoms with Crippen molar-refractivity contribution in [3.05, 3.63) is 29.3 Å². The Balaban J connectivity index is 1.08. The summed E-state index contributed by atoms with van der Waals surface area (Å²) in [6.45, 7) is 8.31. The maximum Gasteiger partial charge on any atom is 0.264 e. The molecule has 2 heterocycles. The molecular weight excluding hydrogens is 797 g/mol. The molecule has 52 heavy (non-hydrogen) atoms. The average molecular weight is 850 g/mol. The quantitative estimate of drug-likeness (QED) is 0.0480. The highest BCUT2D eigenvalue weighted by Crippen LogP contribution is 2.32. The minimum Gasteiger partial charge on any atom is -0.379 e. The molecule has 2 aliphatic heterocycles. The highest BCUT2D eigenvalue weighted by molar-refractivity contribution is 14.1. The molecule has 5 amide bonds. The number of carbonyl (C=O) groups is 5. The van der Waals surface area contributed by atoms with Crippen LogP contribution >= 0.6 is 22.6 Å². The van der Waals surface area contributed by atoms with Crippen LogP contribution in [0.2, 0.25) is 0 Å². The van der Waals surface area contributed by atoms with Crippen molar-refractivity contribution in [1.82, 2.24) is 10.2 Å². The number of piperidine rings is 1. The van der Waals surface area contributed by atoms with Gasteiger partial charge in [-0.3, -0.25) is 34.2 Å². The number of anilines is 1. The van der Waals surface area contributed by atoms with Gasteiger partial charge in [-0.1, -0.05) is 35.1 Å². The van der Waals surface area contributed by atoms with Gasteiger partial charge in [0.2, 0.25) is 17.7 Å². The number of fused-ring (bicyclic) bond motifs is 1. The third-order valence-corrected chi connectivity index (χ3v) is 8.20. The molecule has 2 N–H and O–H groups in total. The molecule has 0 aromatic heterocycles. The first-order valence-electron chi connectivity index (χ1n) is 17.8. The molecule has 1 fully saturated rings. The number of nitrogens with one attached hydrogen (secondary N) is 2. The van der Waals surface area contributed by atoms with Gasteiger partial charge in [0.05, 0.1) is 116 Å². The standard InChI is InChI=1S/C35H52IN3O13/c36-10-12-46-14-16-48-18-20-50-22-24-52-26-25-51-23-21-49-19-17-47-15-13-45-11-3-1-2-7-30(40)37-28-6-4-5-27-32(28)35(44)39(34(27)43)29-8-9-31(41)38-33(29)42/h4-6,29H,1-3,7-26H2,(H,37,40)(H,38,41,42). The summed E-state index contributed by atoms with van der Waals surface area (Å²) in [7, 11) is 0. The van der Waals surface area contributed by atoms with Gasteiger partial charge in [0.15, 0.2) is 0 Å². The zero-order valence-corrected chi connectivity index (χ0v) is 31.9. The maximum atomic E-state index is 13.2. The van der Waals surface area contributed by atoms with E-state index in [0.717, 1.165) is 28.8 Å². The van der Waals surface area contributed by atoms with E-state index >= 15 is 0 Å². The lowest BCUT2D eigenvalue weighted by molar-refractivity contribution is -0.136. The molecule has 292 valence electrons. The monoisotopic (exact) mass is 849 g/mol. The number of carbonyl (C=O) groups excluding carboxylic acids is 5. The van der Waals surface area contributed by atoms with Crippen molar-refractivity contribution in [1.29, 1.82) is 0 Å². The summed E-state index contributed by atoms with van der Waals surface area (Å²) in [6.07, 6.45) is 2.48. The molecule has 0 bridgehead atoms. The second-order valence-corrected chi connectivity index (χ2v) is 12.7. The van der Waals surface area contributed by atoms with Crippen molar-refractivity contribution in [3.63, 3.8) is 0 Å². The highest BCUT2D eigenvalue weighted by Gasteiger charge is 2.45. The molecule has 3 rings (SSSR count). The van der Waals surface area contributed by atoms with E-state index in [0.29, 0.717) is 106 Å². The molecule has 0 aliphatic carbocycles. The van der Waals surface area contributed by atoms with E-state index in [4.69, 9.17) is 37.9 Å². The van der Waals surface area contributed by atoms with E-state index < -0.39 is 29.7 Å². The Morgan fingerprint density at radius 2 is 1.17 bits per heavy atom. The number of ether oxygens (including phenoxy) is 8. The second-order valence-electron chi connectivity index (χ2n) is 11.6. The van der Waals surface area contributed by atoms with Crippen molar-refractivity contribution in [2.75, 3.05) is 115 Å². The predicted octanol–water partition coefficient (Wildman–Crippen LogP) is 2.15. The minimum atomic E-state index is -1.07. The Labute approximate surface area is 318 Å². The Morgan fingerprint density at radius 3 is 1.67 bits per heavy atom. The molecule has 0 saturated carbocycles. The van der Waals surface area contributed by atoms with E-state index in [9.17, 15) is 24.0 Å². The van der Waals surface area contributed by atoms with Crippen LogP contribution in [-0.4, -0.2) is 151 Å². The number of rotatable bonds is 31. The van der Waals surface area contributed by atoms with Gasteiger partial charge in [0, 0.05) is 23.9 Å². The van der Waals surface area contributed by atoms with Crippen LogP contribution in [0.25, 0.3) is 0 Å². The summed E-state index contributed by atoms with van der Waals surface area (Å²) in [5, 5.41) is 4.90. The largest absolute Gasteiger partial charge is 0.379 e. The van der Waals surface area contributed by atoms with E-state index in [-0.39, 0.29) is 42.0 Å². The predicted molar refractivity (Wildman–Crippen MR) is 196 cm³/mol. The van der Waals surface area contributed by atoms with Crippen LogP contribution in [0.4, 0.5) is 5.69 Å². The molecule has 0 spiro atoms. The third-order valence-electron chi connectivity index (χ3n) is 7.76. The van der Waals surface area contributed by atoms with Crippen LogP contribution in [0, 0.1) is 0 Å². The molecule has 1 aromatic rings. The van der Waals surface area contributed by atoms with Crippen LogP contribution in [0.1, 0.15) is 59.2 Å². The molecule has 1 unspecified atom stereocenters. The normalized spacial score (nSPS) is 15.7. The number of hydrogen-bond donors (Lipinski definition) is 2. The zero-order chi connectivity index (χ0) is 37.2. The first-order chi connectivity index (χ1) is 25.4. The van der Waals surface area contributed by atoms with Crippen molar-refractivity contribution in [2.45, 2.75) is 44.6 Å². The fourth-order valence-electron chi connectivity index (χ4n) is 5.19. The summed E-state index contributed by atoms with van der Waals surface area (Å²) in [4.78, 5) is 63.4. The molecule has 1 aromatic carbocycles. The number of unbranched alkanes of at least 4 members (excludes halogenated alkanes) is 2. The summed E-state index contributed by atoms with van der Waals surface area (Å²) in [5.74, 6) is -2.70. The molecule has 17 heteroatoms. The van der Waals surface area contributed by atoms with Crippen LogP contribution in [0.3, 0.4) is 0 Å². The maximum absolute atomic E-state index is 13.2. The molecule has 2 aliphatic rings. The van der Waals surface area contributed by atoms with E-state index in [1.54, 1.807) is 12.1 Å². The van der Waals surface area contributed by atoms with Crippen molar-refractivity contribution < 1.29 is 61.9 Å². The van der Waals surface area contributed by atoms with Crippen molar-refractivity contribution in [3.8, 4) is 0 Å². The fraction of sp³-hybridized carbons (Fsp3) is 0.686. The Kier molecular flexibility index (Phi) is 22.8. The topological polar surface area (TPSA) is 186 Å². The first kappa shape index (κ1) is 43.8. The molecule has 1 saturated heterocycles. The Morgan fingerprint density at radius 1 is 0.673 bits per heavy atom. The van der Waals surface area contributed by atoms with Gasteiger partial charge in [-0.05, 0) is 31.4 Å². The SMILES string of the molecule is O=C1CCC(N2C(=O)c3cccc(NC(=O)CCCCCOCCOCCOCCOCCOCCOCCOCCOCCI)c3C2=O)C(=O)N1. The zero-order valence-electron chi connectivity index (χ0n) is 29.7. The number of nitrogens with zero attached hydrogens (tertiary/aromatic N) is 1. The summed E-state index contributed by atoms with van der Waals surface area (Å²) < 4.78 is 44.7. The number of amides is 5. The van der Waals surface area contributed by atoms with E-state index in [1.165, 1.54) is 6.07 Å². The molecule has 16 nitrogen and oxygen atoms in total. The average Bonchev–Trinajstić information content (AvgIpc) is 3.38. The first-order valence-corrected chi connectivity index (χ1v) is 19.3. The molecular formula is C35H52IN3O13. The number of alkyl halides is 1. The van der Waals surface area contributed by atoms with Crippen LogP contribution in [0.5, 0.6) is 0 Å². The van der Waals surface area contributed by atoms with Crippen molar-refractivity contribution in [2.24, 2.45) is 0 Å². The van der Waals surface area contributed by atoms with Gasteiger partial charge in [0.1, 0.15) is 6.04 Å². The highest BCUT2D eigenvalue weighted by atomic mass is 127. The number of halogens is 1. The lowest BCUT2D eigenvalue weighted by Crippen LogP contribution is -2.54. The van der Waals surface area contributed by atoms with Crippen LogP contribution in [-0.2, 0) is 52.3 Å². The number of hydrogen-bond acceptors (Lipinski definition) is 13. The Hall–Kier alpha value is -2.62. The number of benzene rings is 1. The second kappa shape index (κ2) is 27.0. The fourth-order valence-corrected chi connectivity index (χ4v) is 5.51. The minimum absolute atomic E-state index is 0.0311. The van der Waals surface area contributed by atoms with E-state index in [2.05, 4.69) is 33.2 Å². The summed E-state index contributed by atoms with van der Waals surface area (Å²) in [6, 6.07) is 3.54. The van der Waals surface area contributed by atoms with Gasteiger partial charge < -0.3 is 43.2 Å².